The van der Waals surface area contributed by atoms with Crippen LogP contribution in [0.2, 0.25) is 0 Å². The molecule has 1 N–H and O–H groups in total. The Morgan fingerprint density at radius 1 is 1.19 bits per heavy atom. The maximum Gasteiger partial charge on any atom is 0.228 e. The molecule has 2 aromatic heterocycles. The zero-order chi connectivity index (χ0) is 18.5. The van der Waals surface area contributed by atoms with Gasteiger partial charge in [0.2, 0.25) is 5.91 Å². The summed E-state index contributed by atoms with van der Waals surface area (Å²) in [5, 5.41) is 7.16. The smallest absolute Gasteiger partial charge is 0.228 e. The van der Waals surface area contributed by atoms with E-state index < -0.39 is 9.84 Å². The third-order valence-electron chi connectivity index (χ3n) is 4.17. The molecule has 0 spiro atoms. The lowest BCUT2D eigenvalue weighted by Crippen LogP contribution is -2.15. The van der Waals surface area contributed by atoms with Crippen LogP contribution < -0.4 is 5.32 Å². The number of carbonyl (C=O) groups excluding carboxylic acids is 1. The largest absolute Gasteiger partial charge is 0.310 e. The third-order valence-corrected chi connectivity index (χ3v) is 5.30. The Hall–Kier alpha value is -2.81. The van der Waals surface area contributed by atoms with Crippen molar-refractivity contribution < 1.29 is 13.2 Å². The molecule has 1 aromatic carbocycles. The van der Waals surface area contributed by atoms with Crippen LogP contribution >= 0.6 is 0 Å². The van der Waals surface area contributed by atoms with E-state index in [1.54, 1.807) is 29.6 Å². The number of hydrogen-bond acceptors (Lipinski definition) is 6. The minimum Gasteiger partial charge on any atom is -0.310 e. The van der Waals surface area contributed by atoms with E-state index in [0.717, 1.165) is 19.1 Å². The molecule has 1 aliphatic carbocycles. The number of carbonyl (C=O) groups is 1. The minimum atomic E-state index is -3.28. The highest BCUT2D eigenvalue weighted by Gasteiger charge is 2.30. The first kappa shape index (κ1) is 16.6. The number of anilines is 1. The molecule has 1 saturated carbocycles. The monoisotopic (exact) mass is 371 g/mol. The zero-order valence-corrected chi connectivity index (χ0v) is 15.1. The van der Waals surface area contributed by atoms with Crippen molar-refractivity contribution in [2.45, 2.75) is 24.7 Å². The fourth-order valence-corrected chi connectivity index (χ4v) is 3.30. The average molecular weight is 371 g/mol. The summed E-state index contributed by atoms with van der Waals surface area (Å²) in [6.45, 7) is 1.77. The van der Waals surface area contributed by atoms with Gasteiger partial charge in [-0.3, -0.25) is 4.79 Å². The first-order chi connectivity index (χ1) is 12.3. The number of aromatic nitrogens is 4. The summed E-state index contributed by atoms with van der Waals surface area (Å²) in [6.07, 6.45) is 2.96. The predicted octanol–water partition coefficient (Wildman–Crippen LogP) is 1.85. The number of aryl methyl sites for hydroxylation is 1. The molecule has 0 saturated heterocycles. The van der Waals surface area contributed by atoms with Gasteiger partial charge in [0.05, 0.1) is 4.90 Å². The van der Waals surface area contributed by atoms with Crippen LogP contribution in [0.15, 0.2) is 35.2 Å². The van der Waals surface area contributed by atoms with Gasteiger partial charge in [-0.05, 0) is 44.0 Å². The van der Waals surface area contributed by atoms with E-state index in [2.05, 4.69) is 20.4 Å². The van der Waals surface area contributed by atoms with Crippen molar-refractivity contribution in [3.8, 4) is 11.4 Å². The average Bonchev–Trinajstić information content (AvgIpc) is 3.35. The van der Waals surface area contributed by atoms with Crippen molar-refractivity contribution in [3.05, 3.63) is 36.2 Å². The number of nitrogens with zero attached hydrogens (tertiary/aromatic N) is 4. The second-order valence-electron chi connectivity index (χ2n) is 6.45. The summed E-state index contributed by atoms with van der Waals surface area (Å²) in [6, 6.07) is 8.06. The lowest BCUT2D eigenvalue weighted by atomic mass is 10.2. The van der Waals surface area contributed by atoms with Crippen LogP contribution in [0, 0.1) is 12.8 Å². The van der Waals surface area contributed by atoms with Gasteiger partial charge < -0.3 is 5.32 Å². The van der Waals surface area contributed by atoms with Gasteiger partial charge in [0.1, 0.15) is 11.6 Å². The highest BCUT2D eigenvalue weighted by molar-refractivity contribution is 7.90. The molecule has 1 aliphatic rings. The first-order valence-electron chi connectivity index (χ1n) is 8.17. The van der Waals surface area contributed by atoms with Gasteiger partial charge >= 0.3 is 0 Å². The molecule has 0 atom stereocenters. The lowest BCUT2D eigenvalue weighted by Gasteiger charge is -2.09. The second-order valence-corrected chi connectivity index (χ2v) is 8.47. The van der Waals surface area contributed by atoms with Crippen molar-refractivity contribution in [2.24, 2.45) is 5.92 Å². The van der Waals surface area contributed by atoms with Crippen LogP contribution in [0.3, 0.4) is 0 Å². The van der Waals surface area contributed by atoms with E-state index >= 15 is 0 Å². The van der Waals surface area contributed by atoms with Crippen LogP contribution in [0.4, 0.5) is 5.82 Å². The Kier molecular flexibility index (Phi) is 3.76. The molecule has 9 heteroatoms. The number of benzene rings is 1. The molecule has 0 bridgehead atoms. The van der Waals surface area contributed by atoms with E-state index in [-0.39, 0.29) is 16.7 Å². The normalized spacial score (nSPS) is 14.5. The van der Waals surface area contributed by atoms with Gasteiger partial charge in [-0.2, -0.15) is 4.52 Å². The molecule has 4 rings (SSSR count). The molecule has 26 heavy (non-hydrogen) atoms. The topological polar surface area (TPSA) is 106 Å². The number of rotatable bonds is 4. The van der Waals surface area contributed by atoms with Crippen molar-refractivity contribution in [3.63, 3.8) is 0 Å². The summed E-state index contributed by atoms with van der Waals surface area (Å²) in [7, 11) is -3.28. The fraction of sp³-hybridized carbons (Fsp3) is 0.294. The molecule has 0 unspecified atom stereocenters. The molecule has 8 nitrogen and oxygen atoms in total. The highest BCUT2D eigenvalue weighted by Crippen LogP contribution is 2.30. The standard InChI is InChI=1S/C17H17N5O3S/c1-10-18-15-9-14(20-17(23)12-3-4-12)19-16(22(15)21-10)11-5-7-13(8-6-11)26(2,24)25/h5-9,12H,3-4H2,1-2H3,(H,20,23). The Balaban J connectivity index is 1.80. The van der Waals surface area contributed by atoms with Crippen LogP contribution in [-0.2, 0) is 14.6 Å². The molecule has 1 fully saturated rings. The van der Waals surface area contributed by atoms with E-state index in [1.807, 2.05) is 0 Å². The number of amides is 1. The molecule has 1 amide bonds. The highest BCUT2D eigenvalue weighted by atomic mass is 32.2. The molecule has 2 heterocycles. The second kappa shape index (κ2) is 5.87. The third kappa shape index (κ3) is 3.17. The summed E-state index contributed by atoms with van der Waals surface area (Å²) in [5.74, 6) is 1.48. The number of hydrogen-bond donors (Lipinski definition) is 1. The van der Waals surface area contributed by atoms with Crippen LogP contribution in [0.25, 0.3) is 17.0 Å². The van der Waals surface area contributed by atoms with E-state index in [0.29, 0.717) is 28.7 Å². The van der Waals surface area contributed by atoms with Crippen molar-refractivity contribution >= 4 is 27.2 Å². The molecule has 0 radical (unpaired) electrons. The lowest BCUT2D eigenvalue weighted by molar-refractivity contribution is -0.117. The number of nitrogens with one attached hydrogen (secondary N) is 1. The minimum absolute atomic E-state index is 0.0449. The van der Waals surface area contributed by atoms with E-state index in [9.17, 15) is 13.2 Å². The summed E-state index contributed by atoms with van der Waals surface area (Å²) < 4.78 is 24.9. The summed E-state index contributed by atoms with van der Waals surface area (Å²) in [4.78, 5) is 21.1. The van der Waals surface area contributed by atoms with Gasteiger partial charge in [-0.15, -0.1) is 5.10 Å². The Labute approximate surface area is 150 Å². The SMILES string of the molecule is Cc1nc2cc(NC(=O)C3CC3)nc(-c3ccc(S(C)(=O)=O)cc3)n2n1. The van der Waals surface area contributed by atoms with Gasteiger partial charge in [-0.1, -0.05) is 0 Å². The van der Waals surface area contributed by atoms with Crippen LogP contribution in [-0.4, -0.2) is 40.2 Å². The first-order valence-corrected chi connectivity index (χ1v) is 10.1. The molecular weight excluding hydrogens is 354 g/mol. The fourth-order valence-electron chi connectivity index (χ4n) is 2.67. The van der Waals surface area contributed by atoms with Crippen LogP contribution in [0.5, 0.6) is 0 Å². The van der Waals surface area contributed by atoms with E-state index in [1.165, 1.54) is 12.1 Å². The van der Waals surface area contributed by atoms with Crippen molar-refractivity contribution in [1.82, 2.24) is 19.6 Å². The maximum absolute atomic E-state index is 12.1. The molecule has 0 aliphatic heterocycles. The van der Waals surface area contributed by atoms with E-state index in [4.69, 9.17) is 0 Å². The molecular formula is C17H17N5O3S. The Morgan fingerprint density at radius 3 is 2.50 bits per heavy atom. The maximum atomic E-state index is 12.1. The van der Waals surface area contributed by atoms with Gasteiger partial charge in [-0.25, -0.2) is 18.4 Å². The summed E-state index contributed by atoms with van der Waals surface area (Å²) >= 11 is 0. The van der Waals surface area contributed by atoms with Crippen LogP contribution in [0.1, 0.15) is 18.7 Å². The predicted molar refractivity (Wildman–Crippen MR) is 95.4 cm³/mol. The number of fused-ring (bicyclic) bond motifs is 1. The zero-order valence-electron chi connectivity index (χ0n) is 14.3. The van der Waals surface area contributed by atoms with Gasteiger partial charge in [0.25, 0.3) is 0 Å². The Bertz CT molecular complexity index is 1120. The molecule has 3 aromatic rings. The van der Waals surface area contributed by atoms with Crippen molar-refractivity contribution in [1.29, 1.82) is 0 Å². The van der Waals surface area contributed by atoms with Gasteiger partial charge in [0, 0.05) is 23.8 Å². The van der Waals surface area contributed by atoms with Crippen molar-refractivity contribution in [2.75, 3.05) is 11.6 Å². The Morgan fingerprint density at radius 2 is 1.88 bits per heavy atom. The quantitative estimate of drug-likeness (QED) is 0.750. The number of sulfone groups is 1. The summed E-state index contributed by atoms with van der Waals surface area (Å²) in [5.41, 5.74) is 1.24. The molecule has 134 valence electrons. The van der Waals surface area contributed by atoms with Gasteiger partial charge in [0.15, 0.2) is 21.3 Å².